The molecule has 0 radical (unpaired) electrons. The van der Waals surface area contributed by atoms with Gasteiger partial charge in [-0.05, 0) is 49.9 Å². The Bertz CT molecular complexity index is 436. The van der Waals surface area contributed by atoms with Crippen molar-refractivity contribution in [2.45, 2.75) is 33.6 Å². The van der Waals surface area contributed by atoms with Crippen molar-refractivity contribution in [1.29, 1.82) is 0 Å². The molecule has 4 nitrogen and oxygen atoms in total. The van der Waals surface area contributed by atoms with Crippen molar-refractivity contribution < 1.29 is 9.53 Å². The summed E-state index contributed by atoms with van der Waals surface area (Å²) in [5.74, 6) is 1.17. The third-order valence-corrected chi connectivity index (χ3v) is 2.78. The van der Waals surface area contributed by atoms with E-state index in [1.54, 1.807) is 31.4 Å². The minimum Gasteiger partial charge on any atom is -0.497 e. The average molecular weight is 262 g/mol. The summed E-state index contributed by atoms with van der Waals surface area (Å²) in [5.41, 5.74) is 4.08. The lowest BCUT2D eigenvalue weighted by molar-refractivity contribution is 0.0954. The van der Waals surface area contributed by atoms with E-state index in [4.69, 9.17) is 4.74 Å². The number of carbonyl (C=O) groups is 1. The van der Waals surface area contributed by atoms with Gasteiger partial charge < -0.3 is 4.74 Å². The molecule has 19 heavy (non-hydrogen) atoms. The Hall–Kier alpha value is -1.84. The first-order chi connectivity index (χ1) is 9.02. The van der Waals surface area contributed by atoms with Crippen LogP contribution in [0.25, 0.3) is 0 Å². The number of amides is 1. The van der Waals surface area contributed by atoms with Crippen LogP contribution in [0.4, 0.5) is 0 Å². The number of nitrogens with zero attached hydrogens (tertiary/aromatic N) is 1. The Morgan fingerprint density at radius 2 is 1.95 bits per heavy atom. The molecule has 1 aromatic carbocycles. The Morgan fingerprint density at radius 3 is 2.47 bits per heavy atom. The molecule has 0 atom stereocenters. The molecule has 104 valence electrons. The number of benzene rings is 1. The van der Waals surface area contributed by atoms with Gasteiger partial charge >= 0.3 is 0 Å². The van der Waals surface area contributed by atoms with E-state index < -0.39 is 0 Å². The molecule has 0 heterocycles. The van der Waals surface area contributed by atoms with Crippen LogP contribution in [-0.2, 0) is 0 Å². The Kier molecular flexibility index (Phi) is 6.06. The molecule has 0 aliphatic heterocycles. The summed E-state index contributed by atoms with van der Waals surface area (Å²) in [6, 6.07) is 6.94. The zero-order valence-corrected chi connectivity index (χ0v) is 12.1. The van der Waals surface area contributed by atoms with E-state index in [0.717, 1.165) is 24.3 Å². The van der Waals surface area contributed by atoms with Gasteiger partial charge in [-0.1, -0.05) is 13.8 Å². The van der Waals surface area contributed by atoms with Crippen molar-refractivity contribution in [1.82, 2.24) is 5.43 Å². The molecule has 0 aliphatic carbocycles. The van der Waals surface area contributed by atoms with Crippen LogP contribution in [-0.4, -0.2) is 18.7 Å². The van der Waals surface area contributed by atoms with Crippen LogP contribution in [0.2, 0.25) is 0 Å². The predicted octanol–water partition coefficient (Wildman–Crippen LogP) is 3.24. The molecule has 1 N–H and O–H groups in total. The Balaban J connectivity index is 2.51. The molecule has 0 saturated carbocycles. The summed E-state index contributed by atoms with van der Waals surface area (Å²) in [7, 11) is 1.59. The van der Waals surface area contributed by atoms with Gasteiger partial charge in [0.25, 0.3) is 5.91 Å². The summed E-state index contributed by atoms with van der Waals surface area (Å²) >= 11 is 0. The van der Waals surface area contributed by atoms with E-state index in [-0.39, 0.29) is 5.91 Å². The van der Waals surface area contributed by atoms with E-state index in [2.05, 4.69) is 24.4 Å². The van der Waals surface area contributed by atoms with Crippen LogP contribution in [0.15, 0.2) is 29.4 Å². The van der Waals surface area contributed by atoms with Crippen LogP contribution in [0, 0.1) is 5.92 Å². The number of carbonyl (C=O) groups excluding carboxylic acids is 1. The highest BCUT2D eigenvalue weighted by molar-refractivity contribution is 5.95. The maximum Gasteiger partial charge on any atom is 0.271 e. The van der Waals surface area contributed by atoms with Gasteiger partial charge in [0.15, 0.2) is 0 Å². The highest BCUT2D eigenvalue weighted by atomic mass is 16.5. The lowest BCUT2D eigenvalue weighted by Crippen LogP contribution is -2.19. The topological polar surface area (TPSA) is 50.7 Å². The predicted molar refractivity (Wildman–Crippen MR) is 77.6 cm³/mol. The van der Waals surface area contributed by atoms with E-state index in [1.165, 1.54) is 0 Å². The molecule has 0 aliphatic rings. The van der Waals surface area contributed by atoms with Gasteiger partial charge in [0.1, 0.15) is 5.75 Å². The SMILES string of the molecule is COc1ccc(C(=O)N/N=C(/C)CCC(C)C)cc1. The summed E-state index contributed by atoms with van der Waals surface area (Å²) in [5, 5.41) is 4.10. The monoisotopic (exact) mass is 262 g/mol. The highest BCUT2D eigenvalue weighted by Gasteiger charge is 2.04. The largest absolute Gasteiger partial charge is 0.497 e. The first-order valence-corrected chi connectivity index (χ1v) is 6.50. The third-order valence-electron chi connectivity index (χ3n) is 2.78. The van der Waals surface area contributed by atoms with Crippen LogP contribution in [0.1, 0.15) is 44.0 Å². The molecular formula is C15H22N2O2. The van der Waals surface area contributed by atoms with Crippen molar-refractivity contribution in [3.63, 3.8) is 0 Å². The lowest BCUT2D eigenvalue weighted by Gasteiger charge is -2.05. The number of hydrogen-bond donors (Lipinski definition) is 1. The smallest absolute Gasteiger partial charge is 0.271 e. The first-order valence-electron chi connectivity index (χ1n) is 6.50. The number of rotatable bonds is 6. The summed E-state index contributed by atoms with van der Waals surface area (Å²) in [6.07, 6.45) is 1.98. The second-order valence-corrected chi connectivity index (χ2v) is 4.95. The normalized spacial score (nSPS) is 11.5. The van der Waals surface area contributed by atoms with E-state index in [9.17, 15) is 4.79 Å². The van der Waals surface area contributed by atoms with Gasteiger partial charge in [-0.25, -0.2) is 5.43 Å². The van der Waals surface area contributed by atoms with Crippen LogP contribution < -0.4 is 10.2 Å². The van der Waals surface area contributed by atoms with Crippen LogP contribution in [0.3, 0.4) is 0 Å². The average Bonchev–Trinajstić information content (AvgIpc) is 2.42. The maximum absolute atomic E-state index is 11.8. The van der Waals surface area contributed by atoms with E-state index in [0.29, 0.717) is 11.5 Å². The fourth-order valence-electron chi connectivity index (χ4n) is 1.51. The highest BCUT2D eigenvalue weighted by Crippen LogP contribution is 2.11. The molecular weight excluding hydrogens is 240 g/mol. The first kappa shape index (κ1) is 15.2. The molecule has 1 amide bonds. The van der Waals surface area contributed by atoms with E-state index >= 15 is 0 Å². The minimum atomic E-state index is -0.202. The molecule has 1 rings (SSSR count). The minimum absolute atomic E-state index is 0.202. The zero-order chi connectivity index (χ0) is 14.3. The number of methoxy groups -OCH3 is 1. The Labute approximate surface area is 114 Å². The second kappa shape index (κ2) is 7.56. The van der Waals surface area contributed by atoms with Crippen LogP contribution in [0.5, 0.6) is 5.75 Å². The van der Waals surface area contributed by atoms with Gasteiger partial charge in [-0.2, -0.15) is 5.10 Å². The number of nitrogens with one attached hydrogen (secondary N) is 1. The van der Waals surface area contributed by atoms with Gasteiger partial charge in [0.05, 0.1) is 7.11 Å². The van der Waals surface area contributed by atoms with Crippen molar-refractivity contribution in [2.24, 2.45) is 11.0 Å². The van der Waals surface area contributed by atoms with Gasteiger partial charge in [0.2, 0.25) is 0 Å². The van der Waals surface area contributed by atoms with Crippen molar-refractivity contribution in [3.8, 4) is 5.75 Å². The third kappa shape index (κ3) is 5.55. The van der Waals surface area contributed by atoms with Gasteiger partial charge in [0, 0.05) is 11.3 Å². The molecule has 0 bridgehead atoms. The zero-order valence-electron chi connectivity index (χ0n) is 12.1. The second-order valence-electron chi connectivity index (χ2n) is 4.95. The molecule has 1 aromatic rings. The Morgan fingerprint density at radius 1 is 1.32 bits per heavy atom. The molecule has 0 fully saturated rings. The molecule has 0 spiro atoms. The molecule has 0 aromatic heterocycles. The quantitative estimate of drug-likeness (QED) is 0.632. The number of hydrogen-bond acceptors (Lipinski definition) is 3. The summed E-state index contributed by atoms with van der Waals surface area (Å²) < 4.78 is 5.04. The van der Waals surface area contributed by atoms with Gasteiger partial charge in [-0.15, -0.1) is 0 Å². The maximum atomic E-state index is 11.8. The number of ether oxygens (including phenoxy) is 1. The van der Waals surface area contributed by atoms with Crippen molar-refractivity contribution in [3.05, 3.63) is 29.8 Å². The molecule has 0 saturated heterocycles. The van der Waals surface area contributed by atoms with Gasteiger partial charge in [-0.3, -0.25) is 4.79 Å². The summed E-state index contributed by atoms with van der Waals surface area (Å²) in [4.78, 5) is 11.8. The fraction of sp³-hybridized carbons (Fsp3) is 0.467. The van der Waals surface area contributed by atoms with E-state index in [1.807, 2.05) is 6.92 Å². The van der Waals surface area contributed by atoms with Crippen LogP contribution >= 0.6 is 0 Å². The molecule has 0 unspecified atom stereocenters. The standard InChI is InChI=1S/C15H22N2O2/c1-11(2)5-6-12(3)16-17-15(18)13-7-9-14(19-4)10-8-13/h7-11H,5-6H2,1-4H3,(H,17,18)/b16-12-. The lowest BCUT2D eigenvalue weighted by atomic mass is 10.1. The van der Waals surface area contributed by atoms with Crippen molar-refractivity contribution in [2.75, 3.05) is 7.11 Å². The number of hydrazone groups is 1. The molecule has 4 heteroatoms. The fourth-order valence-corrected chi connectivity index (χ4v) is 1.51. The summed E-state index contributed by atoms with van der Waals surface area (Å²) in [6.45, 7) is 6.27. The van der Waals surface area contributed by atoms with Crippen molar-refractivity contribution >= 4 is 11.6 Å².